The van der Waals surface area contributed by atoms with Crippen LogP contribution in [0.4, 0.5) is 0 Å². The highest BCUT2D eigenvalue weighted by Gasteiger charge is 2.25. The molecule has 1 rings (SSSR count). The number of benzene rings is 1. The second-order valence-corrected chi connectivity index (χ2v) is 5.48. The molecule has 0 aromatic heterocycles. The number of hydrogen-bond acceptors (Lipinski definition) is 0. The summed E-state index contributed by atoms with van der Waals surface area (Å²) in [5.74, 6) is 0. The minimum atomic E-state index is 0.313. The first-order valence-electron chi connectivity index (χ1n) is 5.02. The minimum Gasteiger partial charge on any atom is -0.0922 e. The van der Waals surface area contributed by atoms with Crippen LogP contribution in [0.5, 0.6) is 0 Å². The second kappa shape index (κ2) is 6.27. The van der Waals surface area contributed by atoms with Crippen LogP contribution in [-0.4, -0.2) is 10.7 Å². The lowest BCUT2D eigenvalue weighted by Gasteiger charge is -2.28. The topological polar surface area (TPSA) is 0 Å². The van der Waals surface area contributed by atoms with Gasteiger partial charge in [0.25, 0.3) is 0 Å². The zero-order valence-electron chi connectivity index (χ0n) is 8.77. The summed E-state index contributed by atoms with van der Waals surface area (Å²) in [7, 11) is 0. The fourth-order valence-corrected chi connectivity index (χ4v) is 3.72. The van der Waals surface area contributed by atoms with Crippen LogP contribution in [0, 0.1) is 5.41 Å². The minimum absolute atomic E-state index is 0.313. The van der Waals surface area contributed by atoms with Crippen molar-refractivity contribution < 1.29 is 0 Å². The molecule has 15 heavy (non-hydrogen) atoms. The van der Waals surface area contributed by atoms with Crippen molar-refractivity contribution in [1.82, 2.24) is 0 Å². The summed E-state index contributed by atoms with van der Waals surface area (Å²) in [6.45, 7) is 2.23. The number of hydrogen-bond donors (Lipinski definition) is 0. The maximum atomic E-state index is 5.87. The van der Waals surface area contributed by atoms with Gasteiger partial charge < -0.3 is 0 Å². The molecule has 1 aromatic rings. The molecule has 0 bridgehead atoms. The van der Waals surface area contributed by atoms with Crippen LogP contribution >= 0.6 is 43.5 Å². The third-order valence-electron chi connectivity index (χ3n) is 2.81. The Bertz CT molecular complexity index is 283. The van der Waals surface area contributed by atoms with E-state index in [1.54, 1.807) is 0 Å². The average Bonchev–Trinajstić information content (AvgIpc) is 2.29. The fourth-order valence-electron chi connectivity index (χ4n) is 1.48. The average molecular weight is 355 g/mol. The van der Waals surface area contributed by atoms with E-state index in [1.165, 1.54) is 5.56 Å². The highest BCUT2D eigenvalue weighted by atomic mass is 79.9. The highest BCUT2D eigenvalue weighted by Crippen LogP contribution is 2.31. The summed E-state index contributed by atoms with van der Waals surface area (Å²) >= 11 is 13.1. The van der Waals surface area contributed by atoms with E-state index in [1.807, 2.05) is 12.1 Å². The van der Waals surface area contributed by atoms with Crippen molar-refractivity contribution in [2.45, 2.75) is 19.8 Å². The number of alkyl halides is 2. The van der Waals surface area contributed by atoms with Crippen LogP contribution in [0.1, 0.15) is 18.9 Å². The predicted molar refractivity (Wildman–Crippen MR) is 75.5 cm³/mol. The first kappa shape index (κ1) is 13.5. The fraction of sp³-hybridized carbons (Fsp3) is 0.500. The van der Waals surface area contributed by atoms with E-state index in [2.05, 4.69) is 50.9 Å². The van der Waals surface area contributed by atoms with Crippen molar-refractivity contribution in [3.63, 3.8) is 0 Å². The Kier molecular flexibility index (Phi) is 5.65. The van der Waals surface area contributed by atoms with Crippen molar-refractivity contribution in [1.29, 1.82) is 0 Å². The number of halogens is 3. The Morgan fingerprint density at radius 1 is 1.13 bits per heavy atom. The summed E-state index contributed by atoms with van der Waals surface area (Å²) in [5, 5.41) is 2.84. The summed E-state index contributed by atoms with van der Waals surface area (Å²) < 4.78 is 0. The Labute approximate surface area is 114 Å². The molecule has 0 heterocycles. The molecule has 0 aliphatic carbocycles. The van der Waals surface area contributed by atoms with Crippen molar-refractivity contribution in [2.24, 2.45) is 5.41 Å². The lowest BCUT2D eigenvalue weighted by atomic mass is 9.83. The maximum Gasteiger partial charge on any atom is 0.0406 e. The van der Waals surface area contributed by atoms with Gasteiger partial charge in [-0.05, 0) is 36.0 Å². The van der Waals surface area contributed by atoms with Crippen molar-refractivity contribution in [3.05, 3.63) is 34.9 Å². The molecular weight excluding hydrogens is 339 g/mol. The van der Waals surface area contributed by atoms with Gasteiger partial charge in [0.15, 0.2) is 0 Å². The summed E-state index contributed by atoms with van der Waals surface area (Å²) in [6, 6.07) is 8.13. The van der Waals surface area contributed by atoms with Gasteiger partial charge in [-0.25, -0.2) is 0 Å². The Morgan fingerprint density at radius 3 is 2.07 bits per heavy atom. The molecule has 0 saturated carbocycles. The van der Waals surface area contributed by atoms with Crippen molar-refractivity contribution >= 4 is 43.5 Å². The van der Waals surface area contributed by atoms with E-state index in [-0.39, 0.29) is 0 Å². The molecule has 1 aromatic carbocycles. The molecule has 0 saturated heterocycles. The van der Waals surface area contributed by atoms with Crippen LogP contribution in [0.3, 0.4) is 0 Å². The first-order valence-corrected chi connectivity index (χ1v) is 7.64. The summed E-state index contributed by atoms with van der Waals surface area (Å²) in [5.41, 5.74) is 1.66. The van der Waals surface area contributed by atoms with Gasteiger partial charge in [-0.1, -0.05) is 62.5 Å². The predicted octanol–water partition coefficient (Wildman–Crippen LogP) is 5.07. The van der Waals surface area contributed by atoms with Gasteiger partial charge in [-0.3, -0.25) is 0 Å². The molecule has 0 spiro atoms. The van der Waals surface area contributed by atoms with E-state index in [0.29, 0.717) is 5.41 Å². The molecule has 0 radical (unpaired) electrons. The normalized spacial score (nSPS) is 11.7. The lowest BCUT2D eigenvalue weighted by molar-refractivity contribution is 0.374. The first-order chi connectivity index (χ1) is 7.15. The van der Waals surface area contributed by atoms with Crippen molar-refractivity contribution in [3.8, 4) is 0 Å². The lowest BCUT2D eigenvalue weighted by Crippen LogP contribution is -2.26. The maximum absolute atomic E-state index is 5.87. The quantitative estimate of drug-likeness (QED) is 0.648. The molecule has 0 N–H and O–H groups in total. The van der Waals surface area contributed by atoms with Gasteiger partial charge in [0.2, 0.25) is 0 Å². The Balaban J connectivity index is 2.78. The summed E-state index contributed by atoms with van der Waals surface area (Å²) in [4.78, 5) is 0. The monoisotopic (exact) mass is 352 g/mol. The van der Waals surface area contributed by atoms with E-state index in [4.69, 9.17) is 11.6 Å². The highest BCUT2D eigenvalue weighted by molar-refractivity contribution is 9.09. The van der Waals surface area contributed by atoms with Gasteiger partial charge in [0.05, 0.1) is 0 Å². The molecule has 0 fully saturated rings. The third kappa shape index (κ3) is 3.76. The van der Waals surface area contributed by atoms with E-state index < -0.39 is 0 Å². The molecule has 84 valence electrons. The van der Waals surface area contributed by atoms with Crippen LogP contribution in [0.15, 0.2) is 24.3 Å². The molecule has 0 atom stereocenters. The van der Waals surface area contributed by atoms with E-state index in [9.17, 15) is 0 Å². The SMILES string of the molecule is CCC(CBr)(CBr)Cc1ccc(Cl)cc1. The second-order valence-electron chi connectivity index (χ2n) is 3.92. The van der Waals surface area contributed by atoms with Gasteiger partial charge in [0.1, 0.15) is 0 Å². The van der Waals surface area contributed by atoms with Crippen LogP contribution < -0.4 is 0 Å². The molecule has 0 unspecified atom stereocenters. The van der Waals surface area contributed by atoms with Gasteiger partial charge in [-0.2, -0.15) is 0 Å². The Hall–Kier alpha value is 0.470. The zero-order chi connectivity index (χ0) is 11.3. The summed E-state index contributed by atoms with van der Waals surface area (Å²) in [6.07, 6.45) is 2.24. The van der Waals surface area contributed by atoms with E-state index in [0.717, 1.165) is 28.5 Å². The van der Waals surface area contributed by atoms with Gasteiger partial charge >= 0.3 is 0 Å². The number of rotatable bonds is 5. The van der Waals surface area contributed by atoms with E-state index >= 15 is 0 Å². The molecule has 3 heteroatoms. The van der Waals surface area contributed by atoms with Gasteiger partial charge in [-0.15, -0.1) is 0 Å². The largest absolute Gasteiger partial charge is 0.0922 e. The molecule has 0 aliphatic rings. The van der Waals surface area contributed by atoms with Gasteiger partial charge in [0, 0.05) is 15.7 Å². The molecule has 0 amide bonds. The Morgan fingerprint density at radius 2 is 1.67 bits per heavy atom. The van der Waals surface area contributed by atoms with Crippen molar-refractivity contribution in [2.75, 3.05) is 10.7 Å². The zero-order valence-corrected chi connectivity index (χ0v) is 12.7. The van der Waals surface area contributed by atoms with Crippen LogP contribution in [-0.2, 0) is 6.42 Å². The van der Waals surface area contributed by atoms with Crippen LogP contribution in [0.2, 0.25) is 5.02 Å². The molecule has 0 aliphatic heterocycles. The molecular formula is C12H15Br2Cl. The third-order valence-corrected chi connectivity index (χ3v) is 5.44. The van der Waals surface area contributed by atoms with Crippen LogP contribution in [0.25, 0.3) is 0 Å². The molecule has 0 nitrogen and oxygen atoms in total. The smallest absolute Gasteiger partial charge is 0.0406 e. The standard InChI is InChI=1S/C12H15Br2Cl/c1-2-12(8-13,9-14)7-10-3-5-11(15)6-4-10/h3-6H,2,7-9H2,1H3.